The van der Waals surface area contributed by atoms with E-state index in [9.17, 15) is 8.42 Å². The van der Waals surface area contributed by atoms with Crippen LogP contribution in [0.4, 0.5) is 17.1 Å². The molecule has 5 nitrogen and oxygen atoms in total. The lowest BCUT2D eigenvalue weighted by Crippen LogP contribution is -2.19. The zero-order valence-corrected chi connectivity index (χ0v) is 17.2. The Bertz CT molecular complexity index is 1060. The Kier molecular flexibility index (Phi) is 5.96. The lowest BCUT2D eigenvalue weighted by atomic mass is 10.1. The lowest BCUT2D eigenvalue weighted by molar-refractivity contribution is 0.601. The average molecular weight is 412 g/mol. The van der Waals surface area contributed by atoms with Gasteiger partial charge in [-0.25, -0.2) is 8.42 Å². The van der Waals surface area contributed by atoms with Crippen LogP contribution < -0.4 is 15.4 Å². The van der Waals surface area contributed by atoms with E-state index >= 15 is 0 Å². The van der Waals surface area contributed by atoms with E-state index in [1.807, 2.05) is 62.4 Å². The zero-order chi connectivity index (χ0) is 20.1. The molecular weight excluding hydrogens is 390 g/mol. The molecule has 0 aromatic heterocycles. The Labute approximate surface area is 170 Å². The SMILES string of the molecule is Cc1cccc(C)c1NS(=O)(=O)c1ccc(NC(=S)Nc2ccccc2)cc1. The van der Waals surface area contributed by atoms with Crippen LogP contribution >= 0.6 is 12.2 Å². The van der Waals surface area contributed by atoms with Crippen LogP contribution in [0, 0.1) is 13.8 Å². The first kappa shape index (κ1) is 19.9. The molecule has 0 radical (unpaired) electrons. The van der Waals surface area contributed by atoms with Crippen molar-refractivity contribution in [3.8, 4) is 0 Å². The van der Waals surface area contributed by atoms with Crippen LogP contribution in [-0.2, 0) is 10.0 Å². The van der Waals surface area contributed by atoms with Crippen molar-refractivity contribution < 1.29 is 8.42 Å². The van der Waals surface area contributed by atoms with E-state index in [4.69, 9.17) is 12.2 Å². The first-order valence-electron chi connectivity index (χ1n) is 8.67. The van der Waals surface area contributed by atoms with Crippen LogP contribution in [-0.4, -0.2) is 13.5 Å². The first-order valence-corrected chi connectivity index (χ1v) is 10.6. The smallest absolute Gasteiger partial charge is 0.261 e. The minimum atomic E-state index is -3.68. The number of hydrogen-bond acceptors (Lipinski definition) is 3. The predicted molar refractivity (Wildman–Crippen MR) is 119 cm³/mol. The van der Waals surface area contributed by atoms with Crippen molar-refractivity contribution in [2.75, 3.05) is 15.4 Å². The number of rotatable bonds is 5. The molecule has 0 atom stereocenters. The highest BCUT2D eigenvalue weighted by molar-refractivity contribution is 7.92. The average Bonchev–Trinajstić information content (AvgIpc) is 2.66. The summed E-state index contributed by atoms with van der Waals surface area (Å²) >= 11 is 5.29. The highest BCUT2D eigenvalue weighted by Crippen LogP contribution is 2.24. The van der Waals surface area contributed by atoms with Gasteiger partial charge < -0.3 is 10.6 Å². The van der Waals surface area contributed by atoms with Crippen molar-refractivity contribution >= 4 is 44.4 Å². The van der Waals surface area contributed by atoms with Crippen molar-refractivity contribution in [3.05, 3.63) is 83.9 Å². The van der Waals surface area contributed by atoms with E-state index in [1.54, 1.807) is 24.3 Å². The topological polar surface area (TPSA) is 70.2 Å². The minimum absolute atomic E-state index is 0.183. The number of thiocarbonyl (C=S) groups is 1. The van der Waals surface area contributed by atoms with Gasteiger partial charge in [0.05, 0.1) is 10.6 Å². The van der Waals surface area contributed by atoms with E-state index in [1.165, 1.54) is 0 Å². The molecule has 0 saturated heterocycles. The van der Waals surface area contributed by atoms with Gasteiger partial charge in [0.1, 0.15) is 0 Å². The minimum Gasteiger partial charge on any atom is -0.332 e. The Morgan fingerprint density at radius 1 is 0.750 bits per heavy atom. The van der Waals surface area contributed by atoms with Crippen LogP contribution in [0.2, 0.25) is 0 Å². The predicted octanol–water partition coefficient (Wildman–Crippen LogP) is 4.91. The third-order valence-corrected chi connectivity index (χ3v) is 5.74. The molecule has 0 heterocycles. The van der Waals surface area contributed by atoms with Gasteiger partial charge in [0.25, 0.3) is 10.0 Å². The summed E-state index contributed by atoms with van der Waals surface area (Å²) in [7, 11) is -3.68. The van der Waals surface area contributed by atoms with E-state index in [0.29, 0.717) is 16.5 Å². The molecule has 0 saturated carbocycles. The summed E-state index contributed by atoms with van der Waals surface area (Å²) in [6.07, 6.45) is 0. The van der Waals surface area contributed by atoms with Gasteiger partial charge >= 0.3 is 0 Å². The maximum absolute atomic E-state index is 12.7. The van der Waals surface area contributed by atoms with E-state index in [0.717, 1.165) is 16.8 Å². The Balaban J connectivity index is 1.70. The van der Waals surface area contributed by atoms with Crippen LogP contribution in [0.1, 0.15) is 11.1 Å². The van der Waals surface area contributed by atoms with Gasteiger partial charge in [-0.3, -0.25) is 4.72 Å². The Morgan fingerprint density at radius 3 is 1.86 bits per heavy atom. The number of aryl methyl sites for hydroxylation is 2. The zero-order valence-electron chi connectivity index (χ0n) is 15.6. The number of nitrogens with one attached hydrogen (secondary N) is 3. The third-order valence-electron chi connectivity index (χ3n) is 4.17. The number of benzene rings is 3. The monoisotopic (exact) mass is 411 g/mol. The summed E-state index contributed by atoms with van der Waals surface area (Å²) in [5.41, 5.74) is 3.92. The van der Waals surface area contributed by atoms with E-state index in [-0.39, 0.29) is 4.90 Å². The number of anilines is 3. The molecule has 7 heteroatoms. The van der Waals surface area contributed by atoms with Crippen LogP contribution in [0.5, 0.6) is 0 Å². The highest BCUT2D eigenvalue weighted by atomic mass is 32.2. The molecule has 0 aliphatic carbocycles. The van der Waals surface area contributed by atoms with Crippen molar-refractivity contribution in [2.45, 2.75) is 18.7 Å². The van der Waals surface area contributed by atoms with Crippen molar-refractivity contribution in [1.29, 1.82) is 0 Å². The quantitative estimate of drug-likeness (QED) is 0.520. The standard InChI is InChI=1S/C21H21N3O2S2/c1-15-7-6-8-16(2)20(15)24-28(25,26)19-13-11-18(12-14-19)23-21(27)22-17-9-4-3-5-10-17/h3-14,24H,1-2H3,(H2,22,23,27). The van der Waals surface area contributed by atoms with Crippen LogP contribution in [0.15, 0.2) is 77.7 Å². The van der Waals surface area contributed by atoms with Gasteiger partial charge in [-0.05, 0) is 73.6 Å². The molecule has 0 unspecified atom stereocenters. The number of hydrogen-bond donors (Lipinski definition) is 3. The normalized spacial score (nSPS) is 10.9. The fourth-order valence-corrected chi connectivity index (χ4v) is 4.14. The van der Waals surface area contributed by atoms with Gasteiger partial charge in [-0.1, -0.05) is 36.4 Å². The fraction of sp³-hybridized carbons (Fsp3) is 0.0952. The highest BCUT2D eigenvalue weighted by Gasteiger charge is 2.16. The molecule has 3 rings (SSSR count). The second kappa shape index (κ2) is 8.41. The summed E-state index contributed by atoms with van der Waals surface area (Å²) in [5.74, 6) is 0. The molecule has 0 fully saturated rings. The molecule has 3 N–H and O–H groups in total. The first-order chi connectivity index (χ1) is 13.3. The number of sulfonamides is 1. The van der Waals surface area contributed by atoms with Crippen molar-refractivity contribution in [3.63, 3.8) is 0 Å². The molecule has 0 spiro atoms. The summed E-state index contributed by atoms with van der Waals surface area (Å²) in [4.78, 5) is 0.183. The fourth-order valence-electron chi connectivity index (χ4n) is 2.70. The van der Waals surface area contributed by atoms with E-state index in [2.05, 4.69) is 15.4 Å². The molecule has 0 aliphatic heterocycles. The second-order valence-electron chi connectivity index (χ2n) is 6.34. The molecule has 28 heavy (non-hydrogen) atoms. The molecule has 0 bridgehead atoms. The molecule has 0 amide bonds. The maximum Gasteiger partial charge on any atom is 0.261 e. The van der Waals surface area contributed by atoms with Crippen molar-refractivity contribution in [1.82, 2.24) is 0 Å². The maximum atomic E-state index is 12.7. The summed E-state index contributed by atoms with van der Waals surface area (Å²) < 4.78 is 28.1. The molecule has 0 aliphatic rings. The second-order valence-corrected chi connectivity index (χ2v) is 8.43. The van der Waals surface area contributed by atoms with Crippen LogP contribution in [0.25, 0.3) is 0 Å². The summed E-state index contributed by atoms with van der Waals surface area (Å²) in [6.45, 7) is 3.75. The Morgan fingerprint density at radius 2 is 1.29 bits per heavy atom. The number of para-hydroxylation sites is 2. The molecular formula is C21H21N3O2S2. The molecule has 3 aromatic carbocycles. The van der Waals surface area contributed by atoms with Gasteiger partial charge in [-0.15, -0.1) is 0 Å². The summed E-state index contributed by atoms with van der Waals surface area (Å²) in [6, 6.07) is 21.6. The van der Waals surface area contributed by atoms with Gasteiger partial charge in [0.2, 0.25) is 0 Å². The van der Waals surface area contributed by atoms with Gasteiger partial charge in [0, 0.05) is 11.4 Å². The van der Waals surface area contributed by atoms with E-state index < -0.39 is 10.0 Å². The largest absolute Gasteiger partial charge is 0.332 e. The van der Waals surface area contributed by atoms with Gasteiger partial charge in [0.15, 0.2) is 5.11 Å². The molecule has 144 valence electrons. The summed E-state index contributed by atoms with van der Waals surface area (Å²) in [5, 5.41) is 6.54. The van der Waals surface area contributed by atoms with Gasteiger partial charge in [-0.2, -0.15) is 0 Å². The molecule has 3 aromatic rings. The van der Waals surface area contributed by atoms with Crippen LogP contribution in [0.3, 0.4) is 0 Å². The third kappa shape index (κ3) is 4.88. The van der Waals surface area contributed by atoms with Crippen molar-refractivity contribution in [2.24, 2.45) is 0 Å². The lowest BCUT2D eigenvalue weighted by Gasteiger charge is -2.14. The Hall–Kier alpha value is -2.90.